The number of carbonyl (C=O) groups is 1. The quantitative estimate of drug-likeness (QED) is 0.624. The molecule has 3 atom stereocenters. The fraction of sp³-hybridized carbons (Fsp3) is 0.619. The lowest BCUT2D eigenvalue weighted by Gasteiger charge is -2.35. The van der Waals surface area contributed by atoms with Crippen LogP contribution in [0.15, 0.2) is 4.79 Å². The maximum Gasteiger partial charge on any atom is 0.352 e. The Morgan fingerprint density at radius 3 is 2.70 bits per heavy atom. The van der Waals surface area contributed by atoms with E-state index in [1.165, 1.54) is 15.1 Å². The van der Waals surface area contributed by atoms with E-state index in [9.17, 15) is 9.59 Å². The number of hydrogen-bond donors (Lipinski definition) is 0. The molecule has 0 radical (unpaired) electrons. The lowest BCUT2D eigenvalue weighted by atomic mass is 9.89. The Morgan fingerprint density at radius 1 is 1.23 bits per heavy atom. The Kier molecular flexibility index (Phi) is 4.70. The van der Waals surface area contributed by atoms with Gasteiger partial charge in [0.1, 0.15) is 17.2 Å². The van der Waals surface area contributed by atoms with Crippen molar-refractivity contribution in [3.05, 3.63) is 26.7 Å². The fourth-order valence-corrected chi connectivity index (χ4v) is 6.24. The van der Waals surface area contributed by atoms with Crippen molar-refractivity contribution in [2.75, 3.05) is 13.1 Å². The summed E-state index contributed by atoms with van der Waals surface area (Å²) in [6.07, 6.45) is 3.15. The highest BCUT2D eigenvalue weighted by Crippen LogP contribution is 2.38. The summed E-state index contributed by atoms with van der Waals surface area (Å²) >= 11 is 1.72. The van der Waals surface area contributed by atoms with Gasteiger partial charge in [0.05, 0.1) is 17.6 Å². The predicted octanol–water partition coefficient (Wildman–Crippen LogP) is 2.17. The molecular formula is C21H27N5O3S. The van der Waals surface area contributed by atoms with E-state index in [-0.39, 0.29) is 30.3 Å². The number of aromatic nitrogens is 4. The molecule has 0 N–H and O–H groups in total. The Hall–Kier alpha value is -2.26. The van der Waals surface area contributed by atoms with Crippen LogP contribution in [0.4, 0.5) is 0 Å². The van der Waals surface area contributed by atoms with E-state index in [2.05, 4.69) is 12.0 Å². The highest BCUT2D eigenvalue weighted by molar-refractivity contribution is 7.19. The van der Waals surface area contributed by atoms with Crippen LogP contribution in [-0.2, 0) is 28.9 Å². The van der Waals surface area contributed by atoms with Gasteiger partial charge in [-0.1, -0.05) is 6.92 Å². The minimum atomic E-state index is -0.302. The summed E-state index contributed by atoms with van der Waals surface area (Å²) in [6.45, 7) is 9.02. The molecule has 4 heterocycles. The normalized spacial score (nSPS) is 24.5. The molecule has 1 saturated heterocycles. The first-order valence-electron chi connectivity index (χ1n) is 10.7. The molecule has 9 heteroatoms. The molecule has 1 aliphatic carbocycles. The van der Waals surface area contributed by atoms with Crippen molar-refractivity contribution in [3.8, 4) is 0 Å². The summed E-state index contributed by atoms with van der Waals surface area (Å²) < 4.78 is 8.57. The number of nitrogens with zero attached hydrogens (tertiary/aromatic N) is 5. The van der Waals surface area contributed by atoms with Crippen LogP contribution in [0.25, 0.3) is 15.9 Å². The summed E-state index contributed by atoms with van der Waals surface area (Å²) in [5, 5.41) is 5.62. The monoisotopic (exact) mass is 429 g/mol. The maximum atomic E-state index is 13.1. The van der Waals surface area contributed by atoms with Crippen molar-refractivity contribution in [2.45, 2.75) is 65.7 Å². The number of morpholine rings is 1. The van der Waals surface area contributed by atoms with Gasteiger partial charge < -0.3 is 9.64 Å². The van der Waals surface area contributed by atoms with Crippen LogP contribution in [0.2, 0.25) is 0 Å². The van der Waals surface area contributed by atoms with Crippen LogP contribution < -0.4 is 5.69 Å². The number of thiophene rings is 1. The zero-order chi connectivity index (χ0) is 21.2. The first-order valence-corrected chi connectivity index (χ1v) is 11.5. The Bertz CT molecular complexity index is 1200. The molecule has 5 rings (SSSR count). The highest BCUT2D eigenvalue weighted by Gasteiger charge is 2.28. The smallest absolute Gasteiger partial charge is 0.352 e. The lowest BCUT2D eigenvalue weighted by molar-refractivity contribution is -0.144. The standard InChI is InChI=1S/C21H27N5O3S/c1-11-5-6-15-16(7-11)30-20-18(15)19-23-25(21(28)26(19)14(4)22-20)10-17(27)24-8-12(2)29-13(3)9-24/h11-13H,5-10H2,1-4H3/t11-,12-,13+/m0/s1. The average Bonchev–Trinajstić information content (AvgIpc) is 3.18. The van der Waals surface area contributed by atoms with E-state index in [1.54, 1.807) is 20.6 Å². The minimum absolute atomic E-state index is 0.0127. The first-order chi connectivity index (χ1) is 14.3. The SMILES string of the molecule is Cc1nc2sc3c(c2c2nn(CC(=O)N4C[C@@H](C)O[C@@H](C)C4)c(=O)n12)CC[C@H](C)C3. The molecule has 3 aromatic heterocycles. The third-order valence-corrected chi connectivity index (χ3v) is 7.35. The summed E-state index contributed by atoms with van der Waals surface area (Å²) in [5.41, 5.74) is 1.61. The summed E-state index contributed by atoms with van der Waals surface area (Å²) in [4.78, 5) is 34.8. The van der Waals surface area contributed by atoms with Crippen molar-refractivity contribution in [1.29, 1.82) is 0 Å². The van der Waals surface area contributed by atoms with E-state index >= 15 is 0 Å². The van der Waals surface area contributed by atoms with Gasteiger partial charge in [-0.3, -0.25) is 4.79 Å². The van der Waals surface area contributed by atoms with Crippen molar-refractivity contribution < 1.29 is 9.53 Å². The molecule has 0 unspecified atom stereocenters. The third-order valence-electron chi connectivity index (χ3n) is 6.20. The van der Waals surface area contributed by atoms with E-state index < -0.39 is 0 Å². The molecule has 1 fully saturated rings. The Morgan fingerprint density at radius 2 is 1.97 bits per heavy atom. The molecule has 0 saturated carbocycles. The van der Waals surface area contributed by atoms with Gasteiger partial charge in [0.2, 0.25) is 5.91 Å². The number of rotatable bonds is 2. The number of ether oxygens (including phenoxy) is 1. The minimum Gasteiger partial charge on any atom is -0.372 e. The summed E-state index contributed by atoms with van der Waals surface area (Å²) in [6, 6.07) is 0. The van der Waals surface area contributed by atoms with Gasteiger partial charge in [0.15, 0.2) is 5.65 Å². The second-order valence-corrected chi connectivity index (χ2v) is 9.93. The summed E-state index contributed by atoms with van der Waals surface area (Å²) in [5.74, 6) is 1.17. The first kappa shape index (κ1) is 19.7. The molecule has 1 amide bonds. The Balaban J connectivity index is 1.56. The number of fused-ring (bicyclic) bond motifs is 5. The number of amides is 1. The number of carbonyl (C=O) groups excluding carboxylic acids is 1. The molecule has 1 aliphatic heterocycles. The van der Waals surface area contributed by atoms with Crippen molar-refractivity contribution >= 4 is 33.1 Å². The number of hydrogen-bond acceptors (Lipinski definition) is 6. The van der Waals surface area contributed by atoms with E-state index in [0.29, 0.717) is 30.5 Å². The van der Waals surface area contributed by atoms with Crippen LogP contribution in [0.3, 0.4) is 0 Å². The van der Waals surface area contributed by atoms with Gasteiger partial charge in [-0.25, -0.2) is 18.9 Å². The molecule has 0 spiro atoms. The molecule has 0 bridgehead atoms. The molecule has 0 aromatic carbocycles. The molecule has 2 aliphatic rings. The highest BCUT2D eigenvalue weighted by atomic mass is 32.1. The maximum absolute atomic E-state index is 13.1. The van der Waals surface area contributed by atoms with Crippen molar-refractivity contribution in [3.63, 3.8) is 0 Å². The third kappa shape index (κ3) is 3.15. The number of aryl methyl sites for hydroxylation is 2. The van der Waals surface area contributed by atoms with Crippen LogP contribution in [-0.4, -0.2) is 55.3 Å². The van der Waals surface area contributed by atoms with E-state index in [0.717, 1.165) is 29.5 Å². The molecule has 30 heavy (non-hydrogen) atoms. The van der Waals surface area contributed by atoms with Gasteiger partial charge in [-0.15, -0.1) is 16.4 Å². The second-order valence-electron chi connectivity index (χ2n) is 8.85. The van der Waals surface area contributed by atoms with Gasteiger partial charge in [-0.2, -0.15) is 0 Å². The lowest BCUT2D eigenvalue weighted by Crippen LogP contribution is -2.49. The average molecular weight is 430 g/mol. The largest absolute Gasteiger partial charge is 0.372 e. The molecule has 3 aromatic rings. The molecule has 8 nitrogen and oxygen atoms in total. The zero-order valence-corrected chi connectivity index (χ0v) is 18.7. The van der Waals surface area contributed by atoms with Crippen LogP contribution in [0.1, 0.15) is 43.5 Å². The van der Waals surface area contributed by atoms with Gasteiger partial charge in [-0.05, 0) is 51.5 Å². The van der Waals surface area contributed by atoms with E-state index in [1.807, 2.05) is 20.8 Å². The zero-order valence-electron chi connectivity index (χ0n) is 17.8. The topological polar surface area (TPSA) is 81.7 Å². The van der Waals surface area contributed by atoms with Gasteiger partial charge >= 0.3 is 5.69 Å². The van der Waals surface area contributed by atoms with Gasteiger partial charge in [0, 0.05) is 18.0 Å². The van der Waals surface area contributed by atoms with Crippen LogP contribution >= 0.6 is 11.3 Å². The second kappa shape index (κ2) is 7.16. The van der Waals surface area contributed by atoms with E-state index in [4.69, 9.17) is 9.72 Å². The van der Waals surface area contributed by atoms with Crippen LogP contribution in [0.5, 0.6) is 0 Å². The van der Waals surface area contributed by atoms with Crippen molar-refractivity contribution in [2.24, 2.45) is 5.92 Å². The predicted molar refractivity (Wildman–Crippen MR) is 115 cm³/mol. The Labute approximate surface area is 178 Å². The van der Waals surface area contributed by atoms with Crippen LogP contribution in [0, 0.1) is 12.8 Å². The molecular weight excluding hydrogens is 402 g/mol. The summed E-state index contributed by atoms with van der Waals surface area (Å²) in [7, 11) is 0. The fourth-order valence-electron chi connectivity index (χ4n) is 4.82. The van der Waals surface area contributed by atoms with Gasteiger partial charge in [0.25, 0.3) is 0 Å². The van der Waals surface area contributed by atoms with Crippen molar-refractivity contribution in [1.82, 2.24) is 24.1 Å². The molecule has 160 valence electrons.